The zero-order valence-corrected chi connectivity index (χ0v) is 25.7. The summed E-state index contributed by atoms with van der Waals surface area (Å²) in [6, 6.07) is -7.63. The van der Waals surface area contributed by atoms with Gasteiger partial charge in [-0.05, 0) is 60.3 Å². The van der Waals surface area contributed by atoms with Gasteiger partial charge in [0.25, 0.3) is 0 Å². The maximum Gasteiger partial charge on any atom is 0.408 e. The second kappa shape index (κ2) is 19.2. The fourth-order valence-corrected chi connectivity index (χ4v) is 3.73. The molecule has 0 aromatic carbocycles. The zero-order valence-electron chi connectivity index (χ0n) is 25.7. The summed E-state index contributed by atoms with van der Waals surface area (Å²) in [6.07, 6.45) is 2.09. The van der Waals surface area contributed by atoms with Crippen molar-refractivity contribution in [3.05, 3.63) is 0 Å². The Bertz CT molecular complexity index is 983. The van der Waals surface area contributed by atoms with E-state index in [1.165, 1.54) is 13.8 Å². The Morgan fingerprint density at radius 2 is 1.30 bits per heavy atom. The summed E-state index contributed by atoms with van der Waals surface area (Å²) in [5, 5.41) is 39.7. The molecule has 0 bridgehead atoms. The van der Waals surface area contributed by atoms with Gasteiger partial charge in [-0.2, -0.15) is 0 Å². The summed E-state index contributed by atoms with van der Waals surface area (Å²) >= 11 is 0. The van der Waals surface area contributed by atoms with Gasteiger partial charge in [-0.25, -0.2) is 19.2 Å². The average Bonchev–Trinajstić information content (AvgIpc) is 2.86. The summed E-state index contributed by atoms with van der Waals surface area (Å²) in [7, 11) is 0. The van der Waals surface area contributed by atoms with Gasteiger partial charge < -0.3 is 46.6 Å². The van der Waals surface area contributed by atoms with Gasteiger partial charge in [0.2, 0.25) is 11.8 Å². The maximum atomic E-state index is 12.8. The molecule has 5 amide bonds. The lowest BCUT2D eigenvalue weighted by Crippen LogP contribution is -2.58. The van der Waals surface area contributed by atoms with Crippen LogP contribution >= 0.6 is 0 Å². The van der Waals surface area contributed by atoms with Gasteiger partial charge >= 0.3 is 30.0 Å². The zero-order chi connectivity index (χ0) is 33.3. The molecular weight excluding hydrogens is 570 g/mol. The third-order valence-corrected chi connectivity index (χ3v) is 6.02. The number of rotatable bonds is 19. The summed E-state index contributed by atoms with van der Waals surface area (Å²) in [4.78, 5) is 84.4. The molecule has 0 saturated carbocycles. The largest absolute Gasteiger partial charge is 0.480 e. The molecule has 16 nitrogen and oxygen atoms in total. The Morgan fingerprint density at radius 1 is 0.698 bits per heavy atom. The topological polar surface area (TPSA) is 250 Å². The first-order valence-electron chi connectivity index (χ1n) is 14.2. The van der Waals surface area contributed by atoms with Crippen molar-refractivity contribution in [2.45, 2.75) is 129 Å². The molecule has 0 heterocycles. The molecule has 0 spiro atoms. The summed E-state index contributed by atoms with van der Waals surface area (Å²) in [5.74, 6) is -5.48. The van der Waals surface area contributed by atoms with Crippen LogP contribution < -0.4 is 26.6 Å². The number of carboxylic acid groups (broad SMARTS) is 3. The van der Waals surface area contributed by atoms with Crippen LogP contribution in [0.25, 0.3) is 0 Å². The SMILES string of the molecule is CCCCCCC(=O)NC(C(=O)O)C(C)NC(=O)N[C@H](CCCC(NC(=O)OC(C)(C)C)C(=O)O)C(=O)N[C@H](C)C(=O)O. The van der Waals surface area contributed by atoms with Gasteiger partial charge in [-0.15, -0.1) is 0 Å². The van der Waals surface area contributed by atoms with E-state index in [2.05, 4.69) is 26.6 Å². The molecule has 43 heavy (non-hydrogen) atoms. The molecule has 246 valence electrons. The highest BCUT2D eigenvalue weighted by Gasteiger charge is 2.30. The predicted octanol–water partition coefficient (Wildman–Crippen LogP) is 1.32. The predicted molar refractivity (Wildman–Crippen MR) is 153 cm³/mol. The smallest absolute Gasteiger partial charge is 0.408 e. The van der Waals surface area contributed by atoms with Crippen LogP contribution in [0.2, 0.25) is 0 Å². The van der Waals surface area contributed by atoms with Crippen molar-refractivity contribution in [1.82, 2.24) is 26.6 Å². The molecule has 0 aromatic rings. The Hall–Kier alpha value is -4.11. The first-order valence-corrected chi connectivity index (χ1v) is 14.2. The molecular formula is C27H47N5O11. The molecule has 0 saturated heterocycles. The molecule has 0 aliphatic rings. The van der Waals surface area contributed by atoms with E-state index in [1.807, 2.05) is 6.92 Å². The van der Waals surface area contributed by atoms with Gasteiger partial charge in [-0.3, -0.25) is 14.4 Å². The molecule has 0 rings (SSSR count). The van der Waals surface area contributed by atoms with Gasteiger partial charge in [0.15, 0.2) is 0 Å². The second-order valence-electron chi connectivity index (χ2n) is 11.2. The van der Waals surface area contributed by atoms with Gasteiger partial charge in [0.1, 0.15) is 29.8 Å². The molecule has 0 aromatic heterocycles. The minimum atomic E-state index is -1.47. The van der Waals surface area contributed by atoms with Crippen LogP contribution in [0, 0.1) is 0 Å². The number of amides is 5. The van der Waals surface area contributed by atoms with Crippen LogP contribution in [0.5, 0.6) is 0 Å². The number of urea groups is 1. The van der Waals surface area contributed by atoms with Gasteiger partial charge in [0.05, 0.1) is 6.04 Å². The standard InChI is InChI=1S/C27H47N5O11/c1-7-8-9-10-14-19(33)32-20(24(39)40)15(2)29-25(41)30-17(21(34)28-16(3)22(35)36)12-11-13-18(23(37)38)31-26(42)43-27(4,5)6/h15-18,20H,7-14H2,1-6H3,(H,28,34)(H,31,42)(H,32,33)(H,35,36)(H,37,38)(H,39,40)(H2,29,30,41)/t15?,16-,17-,18?,20?/m1/s1. The van der Waals surface area contributed by atoms with Crippen molar-refractivity contribution in [2.75, 3.05) is 0 Å². The number of nitrogens with one attached hydrogen (secondary N) is 5. The lowest BCUT2D eigenvalue weighted by Gasteiger charge is -2.25. The van der Waals surface area contributed by atoms with Crippen molar-refractivity contribution in [3.8, 4) is 0 Å². The summed E-state index contributed by atoms with van der Waals surface area (Å²) in [6.45, 7) is 9.36. The minimum absolute atomic E-state index is 0.0199. The molecule has 0 radical (unpaired) electrons. The van der Waals surface area contributed by atoms with Crippen molar-refractivity contribution in [1.29, 1.82) is 0 Å². The van der Waals surface area contributed by atoms with E-state index >= 15 is 0 Å². The molecule has 3 unspecified atom stereocenters. The van der Waals surface area contributed by atoms with E-state index in [9.17, 15) is 43.8 Å². The van der Waals surface area contributed by atoms with E-state index in [4.69, 9.17) is 9.84 Å². The first kappa shape index (κ1) is 38.9. The summed E-state index contributed by atoms with van der Waals surface area (Å²) < 4.78 is 5.06. The Balaban J connectivity index is 5.42. The van der Waals surface area contributed by atoms with Crippen LogP contribution in [-0.4, -0.2) is 93.0 Å². The van der Waals surface area contributed by atoms with Gasteiger partial charge in [0, 0.05) is 6.42 Å². The lowest BCUT2D eigenvalue weighted by molar-refractivity contribution is -0.142. The molecule has 0 fully saturated rings. The van der Waals surface area contributed by atoms with Crippen LogP contribution in [0.1, 0.15) is 92.9 Å². The number of carboxylic acids is 3. The number of carbonyl (C=O) groups excluding carboxylic acids is 4. The fourth-order valence-electron chi connectivity index (χ4n) is 3.73. The third-order valence-electron chi connectivity index (χ3n) is 6.02. The van der Waals surface area contributed by atoms with Crippen molar-refractivity contribution in [2.24, 2.45) is 0 Å². The second-order valence-corrected chi connectivity index (χ2v) is 11.2. The van der Waals surface area contributed by atoms with E-state index in [1.54, 1.807) is 20.8 Å². The van der Waals surface area contributed by atoms with E-state index in [-0.39, 0.29) is 25.7 Å². The Kier molecular flexibility index (Phi) is 17.3. The summed E-state index contributed by atoms with van der Waals surface area (Å²) in [5.41, 5.74) is -0.872. The van der Waals surface area contributed by atoms with Crippen LogP contribution in [-0.2, 0) is 28.7 Å². The van der Waals surface area contributed by atoms with Crippen molar-refractivity contribution >= 4 is 41.8 Å². The Morgan fingerprint density at radius 3 is 1.81 bits per heavy atom. The molecule has 16 heteroatoms. The van der Waals surface area contributed by atoms with E-state index in [0.717, 1.165) is 19.3 Å². The molecule has 0 aliphatic carbocycles. The van der Waals surface area contributed by atoms with Crippen LogP contribution in [0.3, 0.4) is 0 Å². The number of alkyl carbamates (subject to hydrolysis) is 1. The highest BCUT2D eigenvalue weighted by Crippen LogP contribution is 2.10. The van der Waals surface area contributed by atoms with Gasteiger partial charge in [-0.1, -0.05) is 26.2 Å². The lowest BCUT2D eigenvalue weighted by atomic mass is 10.0. The normalized spacial score (nSPS) is 14.6. The number of ether oxygens (including phenoxy) is 1. The Labute approximate surface area is 251 Å². The number of unbranched alkanes of at least 4 members (excludes halogenated alkanes) is 3. The fraction of sp³-hybridized carbons (Fsp3) is 0.741. The third kappa shape index (κ3) is 17.4. The highest BCUT2D eigenvalue weighted by atomic mass is 16.6. The van der Waals surface area contributed by atoms with E-state index < -0.39 is 77.7 Å². The molecule has 5 atom stereocenters. The van der Waals surface area contributed by atoms with Crippen LogP contribution in [0.15, 0.2) is 0 Å². The maximum absolute atomic E-state index is 12.8. The number of hydrogen-bond acceptors (Lipinski definition) is 8. The number of carbonyl (C=O) groups is 7. The molecule has 0 aliphatic heterocycles. The van der Waals surface area contributed by atoms with Crippen molar-refractivity contribution < 1.29 is 53.6 Å². The number of hydrogen-bond donors (Lipinski definition) is 8. The minimum Gasteiger partial charge on any atom is -0.480 e. The highest BCUT2D eigenvalue weighted by molar-refractivity contribution is 5.90. The first-order chi connectivity index (χ1) is 19.9. The monoisotopic (exact) mass is 617 g/mol. The van der Waals surface area contributed by atoms with E-state index in [0.29, 0.717) is 6.42 Å². The average molecular weight is 618 g/mol. The van der Waals surface area contributed by atoms with Crippen LogP contribution in [0.4, 0.5) is 9.59 Å². The quantitative estimate of drug-likeness (QED) is 0.0960. The number of aliphatic carboxylic acids is 3. The molecule has 8 N–H and O–H groups in total. The van der Waals surface area contributed by atoms with Crippen molar-refractivity contribution in [3.63, 3.8) is 0 Å².